The van der Waals surface area contributed by atoms with Gasteiger partial charge in [0, 0.05) is 23.7 Å². The van der Waals surface area contributed by atoms with Crippen LogP contribution in [0.2, 0.25) is 0 Å². The molecular formula is C12H18N2O. The van der Waals surface area contributed by atoms with Gasteiger partial charge in [0.05, 0.1) is 0 Å². The van der Waals surface area contributed by atoms with Crippen LogP contribution in [0.15, 0.2) is 4.79 Å². The molecular weight excluding hydrogens is 188 g/mol. The molecule has 3 nitrogen and oxygen atoms in total. The minimum Gasteiger partial charge on any atom is -0.296 e. The van der Waals surface area contributed by atoms with E-state index in [1.807, 2.05) is 18.4 Å². The van der Waals surface area contributed by atoms with Crippen LogP contribution in [0.4, 0.5) is 0 Å². The smallest absolute Gasteiger partial charge is 0.256 e. The highest BCUT2D eigenvalue weighted by Crippen LogP contribution is 2.23. The summed E-state index contributed by atoms with van der Waals surface area (Å²) in [5, 5.41) is 0. The quantitative estimate of drug-likeness (QED) is 0.704. The number of hydrogen-bond acceptors (Lipinski definition) is 2. The first-order chi connectivity index (χ1) is 7.15. The Morgan fingerprint density at radius 3 is 2.93 bits per heavy atom. The number of nitrogens with zero attached hydrogens (tertiary/aromatic N) is 2. The second-order valence-corrected chi connectivity index (χ2v) is 4.39. The molecule has 1 aromatic heterocycles. The highest BCUT2D eigenvalue weighted by Gasteiger charge is 2.21. The highest BCUT2D eigenvalue weighted by atomic mass is 16.1. The topological polar surface area (TPSA) is 34.9 Å². The Balaban J connectivity index is 2.66. The van der Waals surface area contributed by atoms with E-state index < -0.39 is 0 Å². The molecule has 82 valence electrons. The zero-order valence-corrected chi connectivity index (χ0v) is 9.71. The van der Waals surface area contributed by atoms with E-state index in [1.165, 1.54) is 0 Å². The van der Waals surface area contributed by atoms with Crippen LogP contribution < -0.4 is 5.56 Å². The summed E-state index contributed by atoms with van der Waals surface area (Å²) in [6.07, 6.45) is 3.03. The van der Waals surface area contributed by atoms with Gasteiger partial charge in [-0.1, -0.05) is 13.8 Å². The summed E-state index contributed by atoms with van der Waals surface area (Å²) in [7, 11) is 0. The third-order valence-corrected chi connectivity index (χ3v) is 3.31. The van der Waals surface area contributed by atoms with Crippen LogP contribution in [0.3, 0.4) is 0 Å². The standard InChI is InChI=1S/C12H18N2O/c1-4-10-9(3)13-11-8(2)6-5-7-14(11)12(10)15/h8H,4-7H2,1-3H3. The summed E-state index contributed by atoms with van der Waals surface area (Å²) < 4.78 is 1.88. The van der Waals surface area contributed by atoms with Crippen molar-refractivity contribution in [2.24, 2.45) is 0 Å². The molecule has 0 radical (unpaired) electrons. The molecule has 0 aliphatic carbocycles. The van der Waals surface area contributed by atoms with Gasteiger partial charge < -0.3 is 0 Å². The lowest BCUT2D eigenvalue weighted by atomic mass is 10.00. The minimum absolute atomic E-state index is 0.187. The van der Waals surface area contributed by atoms with Crippen molar-refractivity contribution in [1.29, 1.82) is 0 Å². The summed E-state index contributed by atoms with van der Waals surface area (Å²) in [5.74, 6) is 1.41. The average Bonchev–Trinajstić information content (AvgIpc) is 2.20. The fraction of sp³-hybridized carbons (Fsp3) is 0.667. The number of aryl methyl sites for hydroxylation is 1. The second kappa shape index (κ2) is 3.80. The maximum absolute atomic E-state index is 12.1. The van der Waals surface area contributed by atoms with E-state index in [0.29, 0.717) is 5.92 Å². The van der Waals surface area contributed by atoms with Crippen LogP contribution in [0, 0.1) is 6.92 Å². The summed E-state index contributed by atoms with van der Waals surface area (Å²) in [6, 6.07) is 0. The molecule has 0 aromatic carbocycles. The van der Waals surface area contributed by atoms with Gasteiger partial charge in [0.1, 0.15) is 5.82 Å². The number of rotatable bonds is 1. The first-order valence-corrected chi connectivity index (χ1v) is 5.75. The minimum atomic E-state index is 0.187. The Labute approximate surface area is 90.2 Å². The van der Waals surface area contributed by atoms with E-state index in [4.69, 9.17) is 0 Å². The van der Waals surface area contributed by atoms with E-state index in [-0.39, 0.29) is 5.56 Å². The Morgan fingerprint density at radius 2 is 2.27 bits per heavy atom. The zero-order chi connectivity index (χ0) is 11.0. The third-order valence-electron chi connectivity index (χ3n) is 3.31. The van der Waals surface area contributed by atoms with Gasteiger partial charge in [0.25, 0.3) is 5.56 Å². The maximum atomic E-state index is 12.1. The Hall–Kier alpha value is -1.12. The van der Waals surface area contributed by atoms with Gasteiger partial charge in [-0.05, 0) is 26.2 Å². The molecule has 2 rings (SSSR count). The summed E-state index contributed by atoms with van der Waals surface area (Å²) >= 11 is 0. The lowest BCUT2D eigenvalue weighted by molar-refractivity contribution is 0.438. The van der Waals surface area contributed by atoms with Crippen LogP contribution in [0.5, 0.6) is 0 Å². The number of aromatic nitrogens is 2. The summed E-state index contributed by atoms with van der Waals surface area (Å²) in [5.41, 5.74) is 1.99. The Morgan fingerprint density at radius 1 is 1.53 bits per heavy atom. The van der Waals surface area contributed by atoms with E-state index in [2.05, 4.69) is 11.9 Å². The molecule has 1 unspecified atom stereocenters. The van der Waals surface area contributed by atoms with Crippen molar-refractivity contribution < 1.29 is 0 Å². The summed E-state index contributed by atoms with van der Waals surface area (Å²) in [6.45, 7) is 6.97. The molecule has 1 aromatic rings. The SMILES string of the molecule is CCc1c(C)nc2n(c1=O)CCCC2C. The summed E-state index contributed by atoms with van der Waals surface area (Å²) in [4.78, 5) is 16.7. The molecule has 15 heavy (non-hydrogen) atoms. The van der Waals surface area contributed by atoms with Gasteiger partial charge in [0.2, 0.25) is 0 Å². The van der Waals surface area contributed by atoms with E-state index >= 15 is 0 Å². The fourth-order valence-electron chi connectivity index (χ4n) is 2.41. The molecule has 2 heterocycles. The van der Waals surface area contributed by atoms with E-state index in [1.54, 1.807) is 0 Å². The van der Waals surface area contributed by atoms with Gasteiger partial charge in [-0.25, -0.2) is 4.98 Å². The lowest BCUT2D eigenvalue weighted by Gasteiger charge is -2.24. The lowest BCUT2D eigenvalue weighted by Crippen LogP contribution is -2.32. The second-order valence-electron chi connectivity index (χ2n) is 4.39. The van der Waals surface area contributed by atoms with Crippen LogP contribution >= 0.6 is 0 Å². The van der Waals surface area contributed by atoms with Crippen molar-refractivity contribution in [1.82, 2.24) is 9.55 Å². The van der Waals surface area contributed by atoms with E-state index in [9.17, 15) is 4.79 Å². The average molecular weight is 206 g/mol. The largest absolute Gasteiger partial charge is 0.296 e. The first-order valence-electron chi connectivity index (χ1n) is 5.75. The molecule has 3 heteroatoms. The van der Waals surface area contributed by atoms with Crippen LogP contribution in [-0.2, 0) is 13.0 Å². The number of fused-ring (bicyclic) bond motifs is 1. The van der Waals surface area contributed by atoms with Gasteiger partial charge in [-0.3, -0.25) is 9.36 Å². The van der Waals surface area contributed by atoms with Crippen molar-refractivity contribution >= 4 is 0 Å². The zero-order valence-electron chi connectivity index (χ0n) is 9.71. The molecule has 0 bridgehead atoms. The van der Waals surface area contributed by atoms with Gasteiger partial charge >= 0.3 is 0 Å². The highest BCUT2D eigenvalue weighted by molar-refractivity contribution is 5.19. The molecule has 0 saturated heterocycles. The molecule has 0 fully saturated rings. The number of hydrogen-bond donors (Lipinski definition) is 0. The van der Waals surface area contributed by atoms with Gasteiger partial charge in [-0.15, -0.1) is 0 Å². The molecule has 0 spiro atoms. The monoisotopic (exact) mass is 206 g/mol. The van der Waals surface area contributed by atoms with Crippen molar-refractivity contribution in [2.45, 2.75) is 52.5 Å². The maximum Gasteiger partial charge on any atom is 0.256 e. The van der Waals surface area contributed by atoms with Crippen LogP contribution in [0.25, 0.3) is 0 Å². The normalized spacial score (nSPS) is 20.1. The van der Waals surface area contributed by atoms with Crippen LogP contribution in [0.1, 0.15) is 49.7 Å². The predicted molar refractivity (Wildman–Crippen MR) is 60.3 cm³/mol. The van der Waals surface area contributed by atoms with E-state index in [0.717, 1.165) is 42.9 Å². The molecule has 0 saturated carbocycles. The third kappa shape index (κ3) is 1.60. The van der Waals surface area contributed by atoms with Crippen molar-refractivity contribution in [3.8, 4) is 0 Å². The Kier molecular flexibility index (Phi) is 2.63. The van der Waals surface area contributed by atoms with Gasteiger partial charge in [0.15, 0.2) is 0 Å². The van der Waals surface area contributed by atoms with Crippen molar-refractivity contribution in [2.75, 3.05) is 0 Å². The van der Waals surface area contributed by atoms with Gasteiger partial charge in [-0.2, -0.15) is 0 Å². The molecule has 1 atom stereocenters. The first kappa shape index (κ1) is 10.4. The Bertz CT molecular complexity index is 434. The van der Waals surface area contributed by atoms with Crippen LogP contribution in [-0.4, -0.2) is 9.55 Å². The fourth-order valence-corrected chi connectivity index (χ4v) is 2.41. The molecule has 0 amide bonds. The van der Waals surface area contributed by atoms with Crippen molar-refractivity contribution in [3.63, 3.8) is 0 Å². The van der Waals surface area contributed by atoms with Crippen molar-refractivity contribution in [3.05, 3.63) is 27.4 Å². The molecule has 0 N–H and O–H groups in total. The predicted octanol–water partition coefficient (Wildman–Crippen LogP) is 2.01. The molecule has 1 aliphatic heterocycles. The molecule has 1 aliphatic rings.